The van der Waals surface area contributed by atoms with Crippen LogP contribution in [0.4, 0.5) is 5.69 Å². The maximum Gasteiger partial charge on any atom is 0.238 e. The summed E-state index contributed by atoms with van der Waals surface area (Å²) in [6, 6.07) is 15.4. The zero-order valence-electron chi connectivity index (χ0n) is 15.2. The topological polar surface area (TPSA) is 54.5 Å². The van der Waals surface area contributed by atoms with E-state index in [1.54, 1.807) is 11.3 Å². The molecule has 0 unspecified atom stereocenters. The summed E-state index contributed by atoms with van der Waals surface area (Å²) < 4.78 is 5.32. The van der Waals surface area contributed by atoms with Crippen LogP contribution in [0, 0.1) is 0 Å². The van der Waals surface area contributed by atoms with Gasteiger partial charge in [0.05, 0.1) is 25.5 Å². The Morgan fingerprint density at radius 1 is 1.14 bits per heavy atom. The minimum absolute atomic E-state index is 0.0138. The first-order valence-corrected chi connectivity index (χ1v) is 10.3. The molecule has 28 heavy (non-hydrogen) atoms. The van der Waals surface area contributed by atoms with Gasteiger partial charge in [0.15, 0.2) is 0 Å². The van der Waals surface area contributed by atoms with Gasteiger partial charge < -0.3 is 10.1 Å². The Hall–Kier alpha value is -2.25. The van der Waals surface area contributed by atoms with Gasteiger partial charge in [-0.25, -0.2) is 4.98 Å². The second kappa shape index (κ2) is 8.84. The van der Waals surface area contributed by atoms with E-state index in [4.69, 9.17) is 21.3 Å². The number of amides is 1. The zero-order valence-corrected chi connectivity index (χ0v) is 16.8. The van der Waals surface area contributed by atoms with E-state index < -0.39 is 0 Å². The summed E-state index contributed by atoms with van der Waals surface area (Å²) in [6.45, 7) is 3.33. The molecule has 1 saturated heterocycles. The van der Waals surface area contributed by atoms with Crippen LogP contribution in [-0.4, -0.2) is 48.6 Å². The summed E-state index contributed by atoms with van der Waals surface area (Å²) in [5.74, 6) is -0.0138. The van der Waals surface area contributed by atoms with Crippen molar-refractivity contribution in [1.82, 2.24) is 9.88 Å². The number of nitrogens with zero attached hydrogens (tertiary/aromatic N) is 2. The van der Waals surface area contributed by atoms with Gasteiger partial charge in [0.1, 0.15) is 5.01 Å². The molecule has 144 valence electrons. The molecule has 3 aromatic rings. The summed E-state index contributed by atoms with van der Waals surface area (Å²) in [4.78, 5) is 19.2. The first-order chi connectivity index (χ1) is 13.7. The Bertz CT molecular complexity index is 952. The number of rotatable bonds is 5. The lowest BCUT2D eigenvalue weighted by Crippen LogP contribution is -2.41. The highest BCUT2D eigenvalue weighted by Gasteiger charge is 2.14. The van der Waals surface area contributed by atoms with Gasteiger partial charge >= 0.3 is 0 Å². The van der Waals surface area contributed by atoms with Crippen molar-refractivity contribution in [3.8, 4) is 21.8 Å². The quantitative estimate of drug-likeness (QED) is 0.673. The number of ether oxygens (including phenoxy) is 1. The number of hydrogen-bond donors (Lipinski definition) is 1. The molecule has 0 spiro atoms. The predicted octanol–water partition coefficient (Wildman–Crippen LogP) is 4.40. The van der Waals surface area contributed by atoms with Gasteiger partial charge in [-0.05, 0) is 24.3 Å². The van der Waals surface area contributed by atoms with E-state index >= 15 is 0 Å². The number of nitrogens with one attached hydrogen (secondary N) is 1. The average molecular weight is 414 g/mol. The Morgan fingerprint density at radius 3 is 2.71 bits per heavy atom. The molecule has 0 radical (unpaired) electrons. The van der Waals surface area contributed by atoms with Gasteiger partial charge in [0.25, 0.3) is 0 Å². The van der Waals surface area contributed by atoms with Gasteiger partial charge in [-0.15, -0.1) is 11.3 Å². The maximum absolute atomic E-state index is 12.3. The minimum Gasteiger partial charge on any atom is -0.379 e. The first kappa shape index (κ1) is 19.1. The number of morpholine rings is 1. The predicted molar refractivity (Wildman–Crippen MR) is 114 cm³/mol. The van der Waals surface area contributed by atoms with Crippen LogP contribution < -0.4 is 5.32 Å². The molecule has 1 aromatic heterocycles. The first-order valence-electron chi connectivity index (χ1n) is 9.09. The fourth-order valence-electron chi connectivity index (χ4n) is 3.05. The van der Waals surface area contributed by atoms with Crippen LogP contribution in [0.15, 0.2) is 53.9 Å². The molecule has 7 heteroatoms. The second-order valence-electron chi connectivity index (χ2n) is 6.56. The van der Waals surface area contributed by atoms with Crippen molar-refractivity contribution >= 4 is 34.5 Å². The van der Waals surface area contributed by atoms with E-state index in [0.29, 0.717) is 24.8 Å². The molecular formula is C21H20ClN3O2S. The van der Waals surface area contributed by atoms with Gasteiger partial charge in [-0.1, -0.05) is 35.9 Å². The highest BCUT2D eigenvalue weighted by Crippen LogP contribution is 2.30. The highest BCUT2D eigenvalue weighted by molar-refractivity contribution is 7.13. The molecule has 1 aliphatic rings. The van der Waals surface area contributed by atoms with Crippen molar-refractivity contribution in [2.24, 2.45) is 0 Å². The molecule has 0 saturated carbocycles. The Kier molecular flexibility index (Phi) is 6.02. The SMILES string of the molecule is O=C(CN1CCOCC1)Nc1cccc(-c2nc(-c3ccc(Cl)cc3)cs2)c1. The molecule has 1 fully saturated rings. The molecule has 0 aliphatic carbocycles. The van der Waals surface area contributed by atoms with E-state index in [9.17, 15) is 4.79 Å². The van der Waals surface area contributed by atoms with Crippen molar-refractivity contribution in [3.05, 3.63) is 58.9 Å². The molecule has 1 N–H and O–H groups in total. The summed E-state index contributed by atoms with van der Waals surface area (Å²) in [5, 5.41) is 6.63. The zero-order chi connectivity index (χ0) is 19.3. The number of aromatic nitrogens is 1. The van der Waals surface area contributed by atoms with Crippen LogP contribution >= 0.6 is 22.9 Å². The van der Waals surface area contributed by atoms with Gasteiger partial charge in [-0.3, -0.25) is 9.69 Å². The summed E-state index contributed by atoms with van der Waals surface area (Å²) in [5.41, 5.74) is 3.70. The van der Waals surface area contributed by atoms with E-state index in [2.05, 4.69) is 10.2 Å². The van der Waals surface area contributed by atoms with Crippen molar-refractivity contribution in [3.63, 3.8) is 0 Å². The Balaban J connectivity index is 1.45. The normalized spacial score (nSPS) is 14.8. The van der Waals surface area contributed by atoms with Crippen molar-refractivity contribution in [1.29, 1.82) is 0 Å². The lowest BCUT2D eigenvalue weighted by molar-refractivity contribution is -0.118. The molecule has 0 atom stereocenters. The van der Waals surface area contributed by atoms with Gasteiger partial charge in [-0.2, -0.15) is 0 Å². The van der Waals surface area contributed by atoms with Crippen LogP contribution in [0.3, 0.4) is 0 Å². The highest BCUT2D eigenvalue weighted by atomic mass is 35.5. The van der Waals surface area contributed by atoms with Crippen molar-refractivity contribution in [2.75, 3.05) is 38.2 Å². The third-order valence-corrected chi connectivity index (χ3v) is 5.65. The number of benzene rings is 2. The summed E-state index contributed by atoms with van der Waals surface area (Å²) in [7, 11) is 0. The van der Waals surface area contributed by atoms with Crippen LogP contribution in [0.1, 0.15) is 0 Å². The molecule has 1 aliphatic heterocycles. The fraction of sp³-hybridized carbons (Fsp3) is 0.238. The Labute approximate surface area is 172 Å². The molecule has 2 heterocycles. The molecule has 0 bridgehead atoms. The molecule has 1 amide bonds. The number of carbonyl (C=O) groups is 1. The largest absolute Gasteiger partial charge is 0.379 e. The van der Waals surface area contributed by atoms with Crippen LogP contribution in [0.2, 0.25) is 5.02 Å². The van der Waals surface area contributed by atoms with Crippen molar-refractivity contribution < 1.29 is 9.53 Å². The molecule has 5 nitrogen and oxygen atoms in total. The van der Waals surface area contributed by atoms with E-state index in [1.807, 2.05) is 53.9 Å². The maximum atomic E-state index is 12.3. The second-order valence-corrected chi connectivity index (χ2v) is 7.86. The van der Waals surface area contributed by atoms with Gasteiger partial charge in [0, 0.05) is 40.3 Å². The molecule has 2 aromatic carbocycles. The molecular weight excluding hydrogens is 394 g/mol. The monoisotopic (exact) mass is 413 g/mol. The minimum atomic E-state index is -0.0138. The number of thiazole rings is 1. The standard InChI is InChI=1S/C21H20ClN3O2S/c22-17-6-4-15(5-7-17)19-14-28-21(24-19)16-2-1-3-18(12-16)23-20(26)13-25-8-10-27-11-9-25/h1-7,12,14H,8-11,13H2,(H,23,26). The smallest absolute Gasteiger partial charge is 0.238 e. The summed E-state index contributed by atoms with van der Waals surface area (Å²) >= 11 is 7.54. The number of anilines is 1. The molecule has 4 rings (SSSR count). The Morgan fingerprint density at radius 2 is 1.93 bits per heavy atom. The fourth-order valence-corrected chi connectivity index (χ4v) is 4.00. The lowest BCUT2D eigenvalue weighted by atomic mass is 10.2. The van der Waals surface area contributed by atoms with E-state index in [1.165, 1.54) is 0 Å². The number of carbonyl (C=O) groups excluding carboxylic acids is 1. The van der Waals surface area contributed by atoms with E-state index in [-0.39, 0.29) is 5.91 Å². The van der Waals surface area contributed by atoms with Crippen LogP contribution in [0.5, 0.6) is 0 Å². The van der Waals surface area contributed by atoms with Crippen LogP contribution in [-0.2, 0) is 9.53 Å². The average Bonchev–Trinajstić information content (AvgIpc) is 3.20. The van der Waals surface area contributed by atoms with Gasteiger partial charge in [0.2, 0.25) is 5.91 Å². The lowest BCUT2D eigenvalue weighted by Gasteiger charge is -2.25. The van der Waals surface area contributed by atoms with Crippen LogP contribution in [0.25, 0.3) is 21.8 Å². The van der Waals surface area contributed by atoms with Crippen molar-refractivity contribution in [2.45, 2.75) is 0 Å². The number of hydrogen-bond acceptors (Lipinski definition) is 5. The third-order valence-electron chi connectivity index (χ3n) is 4.51. The number of halogens is 1. The third kappa shape index (κ3) is 4.77. The summed E-state index contributed by atoms with van der Waals surface area (Å²) in [6.07, 6.45) is 0. The van der Waals surface area contributed by atoms with E-state index in [0.717, 1.165) is 40.6 Å².